The van der Waals surface area contributed by atoms with Gasteiger partial charge in [0.1, 0.15) is 5.58 Å². The third-order valence-corrected chi connectivity index (χ3v) is 4.40. The van der Waals surface area contributed by atoms with E-state index < -0.39 is 5.91 Å². The Morgan fingerprint density at radius 3 is 2.26 bits per heavy atom. The van der Waals surface area contributed by atoms with Crippen LogP contribution in [0.25, 0.3) is 11.0 Å². The lowest BCUT2D eigenvalue weighted by Gasteiger charge is -2.31. The van der Waals surface area contributed by atoms with E-state index in [1.807, 2.05) is 45.0 Å². The normalized spacial score (nSPS) is 12.6. The van der Waals surface area contributed by atoms with E-state index in [0.29, 0.717) is 11.1 Å². The molecule has 1 atom stereocenters. The first kappa shape index (κ1) is 18.7. The van der Waals surface area contributed by atoms with Crippen molar-refractivity contribution in [2.45, 2.75) is 26.8 Å². The lowest BCUT2D eigenvalue weighted by atomic mass is 9.82. The van der Waals surface area contributed by atoms with Crippen molar-refractivity contribution in [3.63, 3.8) is 0 Å². The Hall–Kier alpha value is -3.12. The van der Waals surface area contributed by atoms with Crippen molar-refractivity contribution in [2.75, 3.05) is 0 Å². The van der Waals surface area contributed by atoms with Gasteiger partial charge in [-0.25, -0.2) is 5.48 Å². The Morgan fingerprint density at radius 1 is 1.00 bits per heavy atom. The van der Waals surface area contributed by atoms with E-state index in [9.17, 15) is 9.59 Å². The molecule has 140 valence electrons. The average Bonchev–Trinajstić information content (AvgIpc) is 3.09. The molecule has 0 aliphatic rings. The number of fused-ring (bicyclic) bond motifs is 1. The maximum atomic E-state index is 12.8. The molecule has 1 unspecified atom stereocenters. The fraction of sp³-hybridized carbons (Fsp3) is 0.238. The fourth-order valence-electron chi connectivity index (χ4n) is 2.99. The SMILES string of the molecule is CC(C)(C)C(NC(=O)c1cc2ccccc2o1)c1ccc(C(=O)NO)cc1. The molecule has 0 aliphatic carbocycles. The van der Waals surface area contributed by atoms with Crippen LogP contribution in [0.4, 0.5) is 0 Å². The van der Waals surface area contributed by atoms with Gasteiger partial charge < -0.3 is 9.73 Å². The second kappa shape index (κ2) is 7.25. The van der Waals surface area contributed by atoms with Gasteiger partial charge in [0.05, 0.1) is 6.04 Å². The molecule has 0 saturated heterocycles. The molecule has 0 aliphatic heterocycles. The third kappa shape index (κ3) is 4.01. The van der Waals surface area contributed by atoms with Crippen molar-refractivity contribution in [2.24, 2.45) is 5.41 Å². The second-order valence-electron chi connectivity index (χ2n) is 7.48. The highest BCUT2D eigenvalue weighted by atomic mass is 16.5. The minimum atomic E-state index is -0.583. The minimum absolute atomic E-state index is 0.252. The molecule has 3 aromatic rings. The first-order valence-corrected chi connectivity index (χ1v) is 8.63. The van der Waals surface area contributed by atoms with E-state index in [0.717, 1.165) is 10.9 Å². The van der Waals surface area contributed by atoms with E-state index in [2.05, 4.69) is 5.32 Å². The zero-order valence-corrected chi connectivity index (χ0v) is 15.4. The molecule has 1 heterocycles. The van der Waals surface area contributed by atoms with Crippen molar-refractivity contribution in [1.82, 2.24) is 10.8 Å². The molecule has 0 radical (unpaired) electrons. The molecule has 3 N–H and O–H groups in total. The summed E-state index contributed by atoms with van der Waals surface area (Å²) in [7, 11) is 0. The first-order valence-electron chi connectivity index (χ1n) is 8.63. The number of hydrogen-bond donors (Lipinski definition) is 3. The zero-order valence-electron chi connectivity index (χ0n) is 15.4. The molecule has 6 nitrogen and oxygen atoms in total. The van der Waals surface area contributed by atoms with Crippen molar-refractivity contribution >= 4 is 22.8 Å². The second-order valence-corrected chi connectivity index (χ2v) is 7.48. The molecule has 2 amide bonds. The molecule has 2 aromatic carbocycles. The number of carbonyl (C=O) groups is 2. The van der Waals surface area contributed by atoms with Crippen molar-refractivity contribution in [3.8, 4) is 0 Å². The standard InChI is InChI=1S/C21H22N2O4/c1-21(2,3)18(13-8-10-14(11-9-13)19(24)23-26)22-20(25)17-12-15-6-4-5-7-16(15)27-17/h4-12,18,26H,1-3H3,(H,22,25)(H,23,24). The molecular formula is C21H22N2O4. The molecule has 0 bridgehead atoms. The van der Waals surface area contributed by atoms with Crippen LogP contribution in [0.2, 0.25) is 0 Å². The zero-order chi connectivity index (χ0) is 19.6. The lowest BCUT2D eigenvalue weighted by molar-refractivity contribution is 0.0706. The summed E-state index contributed by atoms with van der Waals surface area (Å²) in [6.07, 6.45) is 0. The number of para-hydroxylation sites is 1. The quantitative estimate of drug-likeness (QED) is 0.479. The van der Waals surface area contributed by atoms with Crippen molar-refractivity contribution in [1.29, 1.82) is 0 Å². The third-order valence-electron chi connectivity index (χ3n) is 4.40. The van der Waals surface area contributed by atoms with Crippen LogP contribution in [0.3, 0.4) is 0 Å². The Bertz CT molecular complexity index is 935. The summed E-state index contributed by atoms with van der Waals surface area (Å²) in [5.41, 5.74) is 3.17. The Labute approximate surface area is 157 Å². The molecule has 1 aromatic heterocycles. The van der Waals surface area contributed by atoms with Crippen LogP contribution in [0.15, 0.2) is 59.0 Å². The predicted molar refractivity (Wildman–Crippen MR) is 102 cm³/mol. The Balaban J connectivity index is 1.87. The van der Waals surface area contributed by atoms with E-state index in [4.69, 9.17) is 9.62 Å². The van der Waals surface area contributed by atoms with Gasteiger partial charge in [-0.2, -0.15) is 0 Å². The van der Waals surface area contributed by atoms with Crippen molar-refractivity contribution in [3.05, 3.63) is 71.5 Å². The first-order chi connectivity index (χ1) is 12.8. The molecular weight excluding hydrogens is 344 g/mol. The number of carbonyl (C=O) groups excluding carboxylic acids is 2. The predicted octanol–water partition coefficient (Wildman–Crippen LogP) is 4.07. The molecule has 3 rings (SSSR count). The summed E-state index contributed by atoms with van der Waals surface area (Å²) in [6, 6.07) is 15.6. The lowest BCUT2D eigenvalue weighted by Crippen LogP contribution is -2.36. The van der Waals surface area contributed by atoms with Crippen LogP contribution >= 0.6 is 0 Å². The number of amides is 2. The molecule has 6 heteroatoms. The van der Waals surface area contributed by atoms with Crippen LogP contribution in [0.5, 0.6) is 0 Å². The van der Waals surface area contributed by atoms with Gasteiger partial charge >= 0.3 is 0 Å². The number of furan rings is 1. The van der Waals surface area contributed by atoms with E-state index in [-0.39, 0.29) is 23.1 Å². The highest BCUT2D eigenvalue weighted by Gasteiger charge is 2.29. The number of nitrogens with one attached hydrogen (secondary N) is 2. The van der Waals surface area contributed by atoms with E-state index in [1.54, 1.807) is 35.8 Å². The molecule has 0 spiro atoms. The number of hydroxylamine groups is 1. The summed E-state index contributed by atoms with van der Waals surface area (Å²) in [6.45, 7) is 6.06. The Kier molecular flexibility index (Phi) is 5.01. The van der Waals surface area contributed by atoms with Gasteiger partial charge in [0.2, 0.25) is 0 Å². The monoisotopic (exact) mass is 366 g/mol. The summed E-state index contributed by atoms with van der Waals surface area (Å²) >= 11 is 0. The van der Waals surface area contributed by atoms with Crippen LogP contribution in [-0.4, -0.2) is 17.0 Å². The van der Waals surface area contributed by atoms with Crippen LogP contribution < -0.4 is 10.8 Å². The summed E-state index contributed by atoms with van der Waals surface area (Å²) < 4.78 is 5.65. The largest absolute Gasteiger partial charge is 0.451 e. The van der Waals surface area contributed by atoms with E-state index >= 15 is 0 Å². The number of hydrogen-bond acceptors (Lipinski definition) is 4. The van der Waals surface area contributed by atoms with Gasteiger partial charge in [-0.3, -0.25) is 14.8 Å². The maximum absolute atomic E-state index is 12.8. The van der Waals surface area contributed by atoms with Gasteiger partial charge in [0.15, 0.2) is 5.76 Å². The van der Waals surface area contributed by atoms with Gasteiger partial charge in [-0.05, 0) is 35.2 Å². The van der Waals surface area contributed by atoms with Gasteiger partial charge in [0, 0.05) is 10.9 Å². The molecule has 27 heavy (non-hydrogen) atoms. The minimum Gasteiger partial charge on any atom is -0.451 e. The van der Waals surface area contributed by atoms with E-state index in [1.165, 1.54) is 0 Å². The van der Waals surface area contributed by atoms with Crippen LogP contribution in [0, 0.1) is 5.41 Å². The molecule has 0 saturated carbocycles. The van der Waals surface area contributed by atoms with Crippen molar-refractivity contribution < 1.29 is 19.2 Å². The summed E-state index contributed by atoms with van der Waals surface area (Å²) in [5, 5.41) is 12.6. The van der Waals surface area contributed by atoms with Crippen LogP contribution in [0.1, 0.15) is 53.3 Å². The summed E-state index contributed by atoms with van der Waals surface area (Å²) in [4.78, 5) is 24.3. The summed E-state index contributed by atoms with van der Waals surface area (Å²) in [5.74, 6) is -0.634. The van der Waals surface area contributed by atoms with Gasteiger partial charge in [0.25, 0.3) is 11.8 Å². The highest BCUT2D eigenvalue weighted by molar-refractivity contribution is 5.96. The number of benzene rings is 2. The molecule has 0 fully saturated rings. The Morgan fingerprint density at radius 2 is 1.67 bits per heavy atom. The van der Waals surface area contributed by atoms with Crippen LogP contribution in [-0.2, 0) is 0 Å². The maximum Gasteiger partial charge on any atom is 0.287 e. The highest BCUT2D eigenvalue weighted by Crippen LogP contribution is 2.33. The topological polar surface area (TPSA) is 91.6 Å². The van der Waals surface area contributed by atoms with Gasteiger partial charge in [-0.15, -0.1) is 0 Å². The fourth-order valence-corrected chi connectivity index (χ4v) is 2.99. The van der Waals surface area contributed by atoms with Gasteiger partial charge in [-0.1, -0.05) is 51.1 Å². The average molecular weight is 366 g/mol. The smallest absolute Gasteiger partial charge is 0.287 e. The number of rotatable bonds is 4.